The third-order valence-corrected chi connectivity index (χ3v) is 2.41. The second kappa shape index (κ2) is 3.95. The van der Waals surface area contributed by atoms with E-state index >= 15 is 0 Å². The molecule has 0 spiro atoms. The highest BCUT2D eigenvalue weighted by Gasteiger charge is 2.18. The quantitative estimate of drug-likeness (QED) is 0.707. The van der Waals surface area contributed by atoms with Gasteiger partial charge in [-0.3, -0.25) is 0 Å². The topological polar surface area (TPSA) is 9.23 Å². The first-order valence-electron chi connectivity index (χ1n) is 4.79. The second-order valence-electron chi connectivity index (χ2n) is 3.51. The van der Waals surface area contributed by atoms with Gasteiger partial charge in [-0.05, 0) is 37.8 Å². The van der Waals surface area contributed by atoms with Gasteiger partial charge in [0.15, 0.2) is 11.6 Å². The van der Waals surface area contributed by atoms with Crippen LogP contribution in [0.1, 0.15) is 25.7 Å². The fourth-order valence-corrected chi connectivity index (χ4v) is 1.69. The average molecular weight is 197 g/mol. The number of rotatable bonds is 2. The molecular weight excluding hydrogens is 186 g/mol. The smallest absolute Gasteiger partial charge is 0.166 e. The van der Waals surface area contributed by atoms with Crippen molar-refractivity contribution >= 4 is 0 Å². The first kappa shape index (κ1) is 9.44. The molecule has 75 valence electrons. The minimum atomic E-state index is -0.584. The Hall–Kier alpha value is -1.12. The Labute approximate surface area is 81.7 Å². The van der Waals surface area contributed by atoms with E-state index in [2.05, 4.69) is 6.07 Å². The highest BCUT2D eigenvalue weighted by atomic mass is 19.1. The molecule has 0 unspecified atom stereocenters. The maximum absolute atomic E-state index is 13.1. The Morgan fingerprint density at radius 2 is 1.93 bits per heavy atom. The molecule has 1 aromatic rings. The van der Waals surface area contributed by atoms with Crippen LogP contribution in [-0.4, -0.2) is 6.10 Å². The molecule has 3 heteroatoms. The van der Waals surface area contributed by atoms with Gasteiger partial charge in [-0.15, -0.1) is 0 Å². The molecular formula is C11H11F2O. The molecule has 14 heavy (non-hydrogen) atoms. The van der Waals surface area contributed by atoms with Gasteiger partial charge in [-0.1, -0.05) is 0 Å². The van der Waals surface area contributed by atoms with Crippen molar-refractivity contribution in [2.24, 2.45) is 0 Å². The Balaban J connectivity index is 2.10. The predicted octanol–water partition coefficient (Wildman–Crippen LogP) is 3.09. The zero-order chi connectivity index (χ0) is 9.97. The first-order chi connectivity index (χ1) is 6.75. The summed E-state index contributed by atoms with van der Waals surface area (Å²) in [7, 11) is 0. The molecule has 0 atom stereocenters. The summed E-state index contributed by atoms with van der Waals surface area (Å²) < 4.78 is 31.1. The van der Waals surface area contributed by atoms with Crippen molar-refractivity contribution in [2.75, 3.05) is 0 Å². The van der Waals surface area contributed by atoms with Crippen molar-refractivity contribution in [1.82, 2.24) is 0 Å². The van der Waals surface area contributed by atoms with Gasteiger partial charge < -0.3 is 4.74 Å². The summed E-state index contributed by atoms with van der Waals surface area (Å²) >= 11 is 0. The van der Waals surface area contributed by atoms with Crippen molar-refractivity contribution in [3.8, 4) is 5.75 Å². The Bertz CT molecular complexity index is 319. The van der Waals surface area contributed by atoms with Gasteiger partial charge in [0.05, 0.1) is 12.2 Å². The van der Waals surface area contributed by atoms with Crippen molar-refractivity contribution in [3.05, 3.63) is 29.8 Å². The van der Waals surface area contributed by atoms with Crippen LogP contribution in [-0.2, 0) is 0 Å². The second-order valence-corrected chi connectivity index (χ2v) is 3.51. The molecule has 1 aliphatic carbocycles. The van der Waals surface area contributed by atoms with Crippen LogP contribution in [0.5, 0.6) is 5.75 Å². The molecule has 0 aliphatic heterocycles. The largest absolute Gasteiger partial charge is 0.487 e. The lowest BCUT2D eigenvalue weighted by molar-refractivity contribution is 0.199. The number of benzene rings is 1. The number of ether oxygens (including phenoxy) is 1. The van der Waals surface area contributed by atoms with Gasteiger partial charge in [-0.2, -0.15) is 0 Å². The van der Waals surface area contributed by atoms with Crippen LogP contribution >= 0.6 is 0 Å². The number of hydrogen-bond acceptors (Lipinski definition) is 1. The van der Waals surface area contributed by atoms with E-state index in [1.54, 1.807) is 0 Å². The molecule has 1 nitrogen and oxygen atoms in total. The van der Waals surface area contributed by atoms with Gasteiger partial charge in [0, 0.05) is 0 Å². The van der Waals surface area contributed by atoms with Crippen LogP contribution < -0.4 is 4.74 Å². The molecule has 1 radical (unpaired) electrons. The lowest BCUT2D eigenvalue weighted by Gasteiger charge is -2.12. The standard InChI is InChI=1S/C11H11F2O/c12-8-5-6-10(13)11(7-8)14-9-3-1-2-4-9/h5-6,9H,1-4H2. The van der Waals surface area contributed by atoms with Gasteiger partial charge in [-0.25, -0.2) is 8.78 Å². The van der Waals surface area contributed by atoms with Crippen LogP contribution in [0.4, 0.5) is 8.78 Å². The molecule has 0 aromatic heterocycles. The van der Waals surface area contributed by atoms with E-state index in [1.165, 1.54) is 0 Å². The van der Waals surface area contributed by atoms with Crippen molar-refractivity contribution < 1.29 is 13.5 Å². The minimum Gasteiger partial charge on any atom is -0.487 e. The zero-order valence-corrected chi connectivity index (χ0v) is 7.72. The molecule has 0 N–H and O–H groups in total. The van der Waals surface area contributed by atoms with Crippen LogP contribution in [0, 0.1) is 17.7 Å². The fourth-order valence-electron chi connectivity index (χ4n) is 1.69. The first-order valence-corrected chi connectivity index (χ1v) is 4.79. The maximum Gasteiger partial charge on any atom is 0.166 e. The van der Waals surface area contributed by atoms with Crippen LogP contribution in [0.15, 0.2) is 12.1 Å². The molecule has 1 aliphatic rings. The average Bonchev–Trinajstić information content (AvgIpc) is 2.64. The van der Waals surface area contributed by atoms with Gasteiger partial charge in [0.2, 0.25) is 0 Å². The Morgan fingerprint density at radius 1 is 1.21 bits per heavy atom. The zero-order valence-electron chi connectivity index (χ0n) is 7.72. The predicted molar refractivity (Wildman–Crippen MR) is 48.1 cm³/mol. The molecule has 1 aromatic carbocycles. The van der Waals surface area contributed by atoms with Gasteiger partial charge >= 0.3 is 0 Å². The van der Waals surface area contributed by atoms with Crippen LogP contribution in [0.3, 0.4) is 0 Å². The van der Waals surface area contributed by atoms with Gasteiger partial charge in [0.25, 0.3) is 0 Å². The van der Waals surface area contributed by atoms with E-state index in [0.29, 0.717) is 0 Å². The minimum absolute atomic E-state index is 0.0301. The molecule has 2 rings (SSSR count). The highest BCUT2D eigenvalue weighted by molar-refractivity contribution is 5.23. The molecule has 0 saturated heterocycles. The number of halogens is 2. The van der Waals surface area contributed by atoms with Gasteiger partial charge in [0.1, 0.15) is 5.82 Å². The Kier molecular flexibility index (Phi) is 2.66. The monoisotopic (exact) mass is 197 g/mol. The normalized spacial score (nSPS) is 17.3. The summed E-state index contributed by atoms with van der Waals surface area (Å²) in [5.74, 6) is -1.21. The van der Waals surface area contributed by atoms with E-state index < -0.39 is 11.6 Å². The molecule has 1 fully saturated rings. The summed E-state index contributed by atoms with van der Waals surface area (Å²) in [4.78, 5) is 0. The summed E-state index contributed by atoms with van der Waals surface area (Å²) in [5.41, 5.74) is 0. The highest BCUT2D eigenvalue weighted by Crippen LogP contribution is 2.25. The van der Waals surface area contributed by atoms with E-state index in [-0.39, 0.29) is 11.9 Å². The van der Waals surface area contributed by atoms with E-state index in [9.17, 15) is 8.78 Å². The van der Waals surface area contributed by atoms with Crippen molar-refractivity contribution in [2.45, 2.75) is 31.8 Å². The van der Waals surface area contributed by atoms with E-state index in [0.717, 1.165) is 37.8 Å². The maximum atomic E-state index is 13.1. The third-order valence-electron chi connectivity index (χ3n) is 2.41. The third kappa shape index (κ3) is 2.03. The van der Waals surface area contributed by atoms with E-state index in [1.807, 2.05) is 0 Å². The summed E-state index contributed by atoms with van der Waals surface area (Å²) in [6, 6.07) is 4.34. The van der Waals surface area contributed by atoms with Crippen molar-refractivity contribution in [1.29, 1.82) is 0 Å². The summed E-state index contributed by atoms with van der Waals surface area (Å²) in [6.45, 7) is 0. The molecule has 0 amide bonds. The Morgan fingerprint density at radius 3 is 2.64 bits per heavy atom. The summed E-state index contributed by atoms with van der Waals surface area (Å²) in [5, 5.41) is 0. The van der Waals surface area contributed by atoms with Crippen molar-refractivity contribution in [3.63, 3.8) is 0 Å². The molecule has 1 saturated carbocycles. The molecule has 0 heterocycles. The fraction of sp³-hybridized carbons (Fsp3) is 0.455. The summed E-state index contributed by atoms with van der Waals surface area (Å²) in [6.07, 6.45) is 4.07. The lowest BCUT2D eigenvalue weighted by atomic mass is 10.3. The van der Waals surface area contributed by atoms with Crippen LogP contribution in [0.2, 0.25) is 0 Å². The van der Waals surface area contributed by atoms with E-state index in [4.69, 9.17) is 4.74 Å². The lowest BCUT2D eigenvalue weighted by Crippen LogP contribution is -2.12. The number of hydrogen-bond donors (Lipinski definition) is 0. The SMILES string of the molecule is Fc1[c]c(OC2CCCC2)c(F)cc1. The molecule has 0 bridgehead atoms. The van der Waals surface area contributed by atoms with Crippen LogP contribution in [0.25, 0.3) is 0 Å².